The number of nitrogens with zero attached hydrogens (tertiary/aromatic N) is 2. The van der Waals surface area contributed by atoms with E-state index in [0.717, 1.165) is 5.56 Å². The van der Waals surface area contributed by atoms with Crippen molar-refractivity contribution in [3.8, 4) is 0 Å². The van der Waals surface area contributed by atoms with Gasteiger partial charge in [0.15, 0.2) is 5.69 Å². The van der Waals surface area contributed by atoms with E-state index in [2.05, 4.69) is 10.2 Å². The van der Waals surface area contributed by atoms with Crippen molar-refractivity contribution in [2.45, 2.75) is 6.92 Å². The highest BCUT2D eigenvalue weighted by Crippen LogP contribution is 1.98. The van der Waals surface area contributed by atoms with E-state index in [1.54, 1.807) is 13.0 Å². The smallest absolute Gasteiger partial charge is 0.269 e. The molecule has 10 heavy (non-hydrogen) atoms. The summed E-state index contributed by atoms with van der Waals surface area (Å²) in [5.74, 6) is -0.536. The first-order chi connectivity index (χ1) is 4.72. The van der Waals surface area contributed by atoms with Gasteiger partial charge in [0, 0.05) is 6.20 Å². The fourth-order valence-electron chi connectivity index (χ4n) is 0.638. The predicted molar refractivity (Wildman–Crippen MR) is 35.3 cm³/mol. The van der Waals surface area contributed by atoms with Crippen LogP contribution >= 0.6 is 0 Å². The number of carbonyl (C=O) groups excluding carboxylic acids is 1. The zero-order valence-corrected chi connectivity index (χ0v) is 5.53. The monoisotopic (exact) mass is 137 g/mol. The third-order valence-corrected chi connectivity index (χ3v) is 1.16. The molecule has 1 aromatic heterocycles. The zero-order chi connectivity index (χ0) is 7.56. The van der Waals surface area contributed by atoms with Crippen molar-refractivity contribution in [1.29, 1.82) is 0 Å². The molecule has 0 bridgehead atoms. The van der Waals surface area contributed by atoms with E-state index in [0.29, 0.717) is 0 Å². The van der Waals surface area contributed by atoms with E-state index >= 15 is 0 Å². The topological polar surface area (TPSA) is 68.9 Å². The van der Waals surface area contributed by atoms with Gasteiger partial charge in [-0.2, -0.15) is 5.10 Å². The van der Waals surface area contributed by atoms with Gasteiger partial charge < -0.3 is 5.73 Å². The van der Waals surface area contributed by atoms with Crippen LogP contribution in [0.25, 0.3) is 0 Å². The number of primary amides is 1. The van der Waals surface area contributed by atoms with E-state index in [4.69, 9.17) is 5.73 Å². The van der Waals surface area contributed by atoms with Gasteiger partial charge in [-0.05, 0) is 18.6 Å². The summed E-state index contributed by atoms with van der Waals surface area (Å²) in [5.41, 5.74) is 5.96. The SMILES string of the molecule is Cc1ccnnc1C(N)=O. The molecule has 0 radical (unpaired) electrons. The Bertz CT molecular complexity index is 259. The van der Waals surface area contributed by atoms with Crippen LogP contribution in [-0.2, 0) is 0 Å². The second-order valence-electron chi connectivity index (χ2n) is 1.93. The van der Waals surface area contributed by atoms with E-state index < -0.39 is 5.91 Å². The number of aromatic nitrogens is 2. The maximum absolute atomic E-state index is 10.5. The molecule has 1 heterocycles. The van der Waals surface area contributed by atoms with Crippen LogP contribution in [0.4, 0.5) is 0 Å². The van der Waals surface area contributed by atoms with Crippen LogP contribution in [0, 0.1) is 6.92 Å². The Labute approximate surface area is 58.1 Å². The Morgan fingerprint density at radius 3 is 2.80 bits per heavy atom. The molecule has 0 unspecified atom stereocenters. The number of hydrogen-bond donors (Lipinski definition) is 1. The molecule has 52 valence electrons. The second-order valence-corrected chi connectivity index (χ2v) is 1.93. The van der Waals surface area contributed by atoms with Gasteiger partial charge in [-0.3, -0.25) is 4.79 Å². The molecule has 4 nitrogen and oxygen atoms in total. The largest absolute Gasteiger partial charge is 0.364 e. The summed E-state index contributed by atoms with van der Waals surface area (Å²) in [4.78, 5) is 10.5. The van der Waals surface area contributed by atoms with E-state index in [1.807, 2.05) is 0 Å². The van der Waals surface area contributed by atoms with Crippen molar-refractivity contribution >= 4 is 5.91 Å². The van der Waals surface area contributed by atoms with Crippen molar-refractivity contribution in [2.75, 3.05) is 0 Å². The summed E-state index contributed by atoms with van der Waals surface area (Å²) in [6, 6.07) is 1.69. The van der Waals surface area contributed by atoms with Crippen LogP contribution in [0.2, 0.25) is 0 Å². The van der Waals surface area contributed by atoms with Crippen LogP contribution < -0.4 is 5.73 Å². The minimum Gasteiger partial charge on any atom is -0.364 e. The number of amides is 1. The van der Waals surface area contributed by atoms with Crippen molar-refractivity contribution in [3.63, 3.8) is 0 Å². The van der Waals surface area contributed by atoms with E-state index in [1.165, 1.54) is 6.20 Å². The molecule has 0 aromatic carbocycles. The molecule has 0 aliphatic heterocycles. The number of rotatable bonds is 1. The highest BCUT2D eigenvalue weighted by atomic mass is 16.1. The summed E-state index contributed by atoms with van der Waals surface area (Å²) in [6.45, 7) is 1.76. The third-order valence-electron chi connectivity index (χ3n) is 1.16. The van der Waals surface area contributed by atoms with Gasteiger partial charge in [-0.1, -0.05) is 0 Å². The highest BCUT2D eigenvalue weighted by Gasteiger charge is 2.04. The Morgan fingerprint density at radius 1 is 1.70 bits per heavy atom. The standard InChI is InChI=1S/C6H7N3O/c1-4-2-3-8-9-5(4)6(7)10/h2-3H,1H3,(H2,7,10). The lowest BCUT2D eigenvalue weighted by Gasteiger charge is -1.94. The zero-order valence-electron chi connectivity index (χ0n) is 5.53. The van der Waals surface area contributed by atoms with Gasteiger partial charge >= 0.3 is 0 Å². The van der Waals surface area contributed by atoms with Gasteiger partial charge in [0.25, 0.3) is 5.91 Å². The van der Waals surface area contributed by atoms with E-state index in [-0.39, 0.29) is 5.69 Å². The summed E-state index contributed by atoms with van der Waals surface area (Å²) in [7, 11) is 0. The molecule has 0 fully saturated rings. The van der Waals surface area contributed by atoms with Crippen molar-refractivity contribution < 1.29 is 4.79 Å². The molecule has 0 aliphatic rings. The average molecular weight is 137 g/mol. The molecule has 0 saturated carbocycles. The molecule has 0 aliphatic carbocycles. The van der Waals surface area contributed by atoms with Gasteiger partial charge in [0.2, 0.25) is 0 Å². The van der Waals surface area contributed by atoms with Gasteiger partial charge in [-0.15, -0.1) is 5.10 Å². The average Bonchev–Trinajstić information content (AvgIpc) is 1.88. The lowest BCUT2D eigenvalue weighted by atomic mass is 10.2. The van der Waals surface area contributed by atoms with Crippen LogP contribution in [-0.4, -0.2) is 16.1 Å². The fourth-order valence-corrected chi connectivity index (χ4v) is 0.638. The lowest BCUT2D eigenvalue weighted by molar-refractivity contribution is 0.0994. The second kappa shape index (κ2) is 2.43. The Balaban J connectivity index is 3.15. The van der Waals surface area contributed by atoms with Crippen molar-refractivity contribution in [1.82, 2.24) is 10.2 Å². The lowest BCUT2D eigenvalue weighted by Crippen LogP contribution is -2.15. The predicted octanol–water partition coefficient (Wildman–Crippen LogP) is -0.116. The number of hydrogen-bond acceptors (Lipinski definition) is 3. The Kier molecular flexibility index (Phi) is 1.62. The minimum atomic E-state index is -0.536. The maximum Gasteiger partial charge on any atom is 0.269 e. The first-order valence-corrected chi connectivity index (χ1v) is 2.80. The number of nitrogens with two attached hydrogens (primary N) is 1. The van der Waals surface area contributed by atoms with Crippen molar-refractivity contribution in [3.05, 3.63) is 23.5 Å². The molecule has 2 N–H and O–H groups in total. The fraction of sp³-hybridized carbons (Fsp3) is 0.167. The van der Waals surface area contributed by atoms with Gasteiger partial charge in [0.1, 0.15) is 0 Å². The first-order valence-electron chi connectivity index (χ1n) is 2.80. The third kappa shape index (κ3) is 1.10. The molecule has 0 spiro atoms. The summed E-state index contributed by atoms with van der Waals surface area (Å²) >= 11 is 0. The maximum atomic E-state index is 10.5. The Hall–Kier alpha value is -1.45. The van der Waals surface area contributed by atoms with Crippen LogP contribution in [0.3, 0.4) is 0 Å². The molecule has 1 amide bonds. The number of aryl methyl sites for hydroxylation is 1. The minimum absolute atomic E-state index is 0.238. The highest BCUT2D eigenvalue weighted by molar-refractivity contribution is 5.91. The van der Waals surface area contributed by atoms with Crippen LogP contribution in [0.15, 0.2) is 12.3 Å². The van der Waals surface area contributed by atoms with Gasteiger partial charge in [0.05, 0.1) is 0 Å². The summed E-state index contributed by atoms with van der Waals surface area (Å²) < 4.78 is 0. The number of carbonyl (C=O) groups is 1. The normalized spacial score (nSPS) is 9.30. The molecule has 4 heteroatoms. The van der Waals surface area contributed by atoms with Crippen LogP contribution in [0.5, 0.6) is 0 Å². The quantitative estimate of drug-likeness (QED) is 0.586. The summed E-state index contributed by atoms with van der Waals surface area (Å²) in [5, 5.41) is 7.07. The molecule has 1 rings (SSSR count). The Morgan fingerprint density at radius 2 is 2.40 bits per heavy atom. The van der Waals surface area contributed by atoms with Gasteiger partial charge in [-0.25, -0.2) is 0 Å². The summed E-state index contributed by atoms with van der Waals surface area (Å²) in [6.07, 6.45) is 1.52. The molecule has 1 aromatic rings. The molecule has 0 saturated heterocycles. The molecule has 0 atom stereocenters. The van der Waals surface area contributed by atoms with Crippen molar-refractivity contribution in [2.24, 2.45) is 5.73 Å². The molecular weight excluding hydrogens is 130 g/mol. The molecular formula is C6H7N3O. The first kappa shape index (κ1) is 6.67. The van der Waals surface area contributed by atoms with E-state index in [9.17, 15) is 4.79 Å². The van der Waals surface area contributed by atoms with Crippen LogP contribution in [0.1, 0.15) is 16.1 Å².